The Morgan fingerprint density at radius 1 is 1.11 bits per heavy atom. The van der Waals surface area contributed by atoms with Crippen LogP contribution in [-0.4, -0.2) is 10.9 Å². The molecule has 2 aromatic carbocycles. The van der Waals surface area contributed by atoms with Crippen LogP contribution in [0.4, 0.5) is 0 Å². The standard InChI is InChI=1S/C15H11NO2/c1-16-13-7-6-10-4-2-3-5-12(10)15(13)11(9-17)8-14(16)18/h2-9H,1H3. The summed E-state index contributed by atoms with van der Waals surface area (Å²) in [5, 5.41) is 2.89. The summed E-state index contributed by atoms with van der Waals surface area (Å²) in [6.07, 6.45) is 0.746. The molecule has 3 nitrogen and oxygen atoms in total. The average molecular weight is 237 g/mol. The first-order chi connectivity index (χ1) is 8.72. The van der Waals surface area contributed by atoms with Crippen LogP contribution in [0.1, 0.15) is 10.4 Å². The van der Waals surface area contributed by atoms with E-state index in [2.05, 4.69) is 0 Å². The molecule has 3 aromatic rings. The van der Waals surface area contributed by atoms with Crippen molar-refractivity contribution in [3.05, 3.63) is 58.4 Å². The number of carbonyl (C=O) groups is 1. The van der Waals surface area contributed by atoms with Crippen LogP contribution in [0.25, 0.3) is 21.7 Å². The van der Waals surface area contributed by atoms with E-state index in [9.17, 15) is 9.59 Å². The van der Waals surface area contributed by atoms with Gasteiger partial charge in [0.25, 0.3) is 5.56 Å². The number of aromatic nitrogens is 1. The molecule has 3 heteroatoms. The molecule has 0 atom stereocenters. The van der Waals surface area contributed by atoms with Crippen molar-refractivity contribution in [2.45, 2.75) is 0 Å². The van der Waals surface area contributed by atoms with Gasteiger partial charge in [-0.15, -0.1) is 0 Å². The van der Waals surface area contributed by atoms with Crippen molar-refractivity contribution in [1.29, 1.82) is 0 Å². The van der Waals surface area contributed by atoms with Crippen molar-refractivity contribution in [2.24, 2.45) is 7.05 Å². The molecule has 0 radical (unpaired) electrons. The van der Waals surface area contributed by atoms with E-state index in [1.165, 1.54) is 6.07 Å². The highest BCUT2D eigenvalue weighted by Crippen LogP contribution is 2.26. The highest BCUT2D eigenvalue weighted by molar-refractivity contribution is 6.12. The Bertz CT molecular complexity index is 831. The molecular weight excluding hydrogens is 226 g/mol. The van der Waals surface area contributed by atoms with Crippen LogP contribution in [0.15, 0.2) is 47.3 Å². The Hall–Kier alpha value is -2.42. The van der Waals surface area contributed by atoms with Crippen molar-refractivity contribution in [2.75, 3.05) is 0 Å². The lowest BCUT2D eigenvalue weighted by atomic mass is 10.0. The lowest BCUT2D eigenvalue weighted by Crippen LogP contribution is -2.17. The van der Waals surface area contributed by atoms with Gasteiger partial charge in [-0.1, -0.05) is 30.3 Å². The van der Waals surface area contributed by atoms with Crippen molar-refractivity contribution in [1.82, 2.24) is 4.57 Å². The maximum atomic E-state index is 11.8. The van der Waals surface area contributed by atoms with Crippen LogP contribution in [0.3, 0.4) is 0 Å². The van der Waals surface area contributed by atoms with Gasteiger partial charge >= 0.3 is 0 Å². The molecule has 0 saturated carbocycles. The second-order valence-corrected chi connectivity index (χ2v) is 4.30. The van der Waals surface area contributed by atoms with Gasteiger partial charge in [0.1, 0.15) is 0 Å². The lowest BCUT2D eigenvalue weighted by Gasteiger charge is -2.09. The summed E-state index contributed by atoms with van der Waals surface area (Å²) in [5.74, 6) is 0. The number of carbonyl (C=O) groups excluding carboxylic acids is 1. The molecule has 0 N–H and O–H groups in total. The number of pyridine rings is 1. The monoisotopic (exact) mass is 237 g/mol. The number of benzene rings is 2. The summed E-state index contributed by atoms with van der Waals surface area (Å²) in [4.78, 5) is 22.9. The first-order valence-electron chi connectivity index (χ1n) is 5.69. The third-order valence-corrected chi connectivity index (χ3v) is 3.29. The van der Waals surface area contributed by atoms with Gasteiger partial charge < -0.3 is 4.57 Å². The fraction of sp³-hybridized carbons (Fsp3) is 0.0667. The molecule has 0 spiro atoms. The van der Waals surface area contributed by atoms with Gasteiger partial charge in [0, 0.05) is 24.1 Å². The maximum Gasteiger partial charge on any atom is 0.251 e. The van der Waals surface area contributed by atoms with E-state index < -0.39 is 0 Å². The van der Waals surface area contributed by atoms with Gasteiger partial charge in [0.05, 0.1) is 5.52 Å². The predicted octanol–water partition coefficient (Wildman–Crippen LogP) is 2.50. The smallest absolute Gasteiger partial charge is 0.251 e. The topological polar surface area (TPSA) is 39.1 Å². The van der Waals surface area contributed by atoms with E-state index in [0.29, 0.717) is 5.56 Å². The number of aryl methyl sites for hydroxylation is 1. The Morgan fingerprint density at radius 2 is 1.89 bits per heavy atom. The highest BCUT2D eigenvalue weighted by atomic mass is 16.1. The minimum Gasteiger partial charge on any atom is -0.311 e. The number of rotatable bonds is 1. The van der Waals surface area contributed by atoms with Crippen molar-refractivity contribution in [3.8, 4) is 0 Å². The molecule has 0 saturated heterocycles. The summed E-state index contributed by atoms with van der Waals surface area (Å²) < 4.78 is 1.56. The van der Waals surface area contributed by atoms with Crippen LogP contribution < -0.4 is 5.56 Å². The molecule has 0 fully saturated rings. The van der Waals surface area contributed by atoms with Crippen LogP contribution >= 0.6 is 0 Å². The molecule has 0 aliphatic heterocycles. The second-order valence-electron chi connectivity index (χ2n) is 4.30. The molecule has 1 aromatic heterocycles. The van der Waals surface area contributed by atoms with Crippen molar-refractivity contribution >= 4 is 28.0 Å². The van der Waals surface area contributed by atoms with Crippen molar-refractivity contribution < 1.29 is 4.79 Å². The van der Waals surface area contributed by atoms with E-state index in [0.717, 1.165) is 28.0 Å². The zero-order valence-electron chi connectivity index (χ0n) is 9.88. The molecule has 18 heavy (non-hydrogen) atoms. The minimum absolute atomic E-state index is 0.167. The fourth-order valence-corrected chi connectivity index (χ4v) is 2.36. The predicted molar refractivity (Wildman–Crippen MR) is 72.1 cm³/mol. The number of fused-ring (bicyclic) bond motifs is 3. The summed E-state index contributed by atoms with van der Waals surface area (Å²) in [6, 6.07) is 13.1. The molecule has 0 aliphatic rings. The summed E-state index contributed by atoms with van der Waals surface area (Å²) >= 11 is 0. The Balaban J connectivity index is 2.69. The fourth-order valence-electron chi connectivity index (χ4n) is 2.36. The third-order valence-electron chi connectivity index (χ3n) is 3.29. The largest absolute Gasteiger partial charge is 0.311 e. The number of hydrogen-bond acceptors (Lipinski definition) is 2. The number of aldehydes is 1. The second kappa shape index (κ2) is 3.81. The van der Waals surface area contributed by atoms with Crippen LogP contribution in [0, 0.1) is 0 Å². The Kier molecular flexibility index (Phi) is 2.27. The first kappa shape index (κ1) is 10.7. The van der Waals surface area contributed by atoms with Crippen LogP contribution in [0.5, 0.6) is 0 Å². The zero-order valence-corrected chi connectivity index (χ0v) is 9.88. The Labute approximate surface area is 103 Å². The van der Waals surface area contributed by atoms with Gasteiger partial charge in [-0.05, 0) is 16.8 Å². The van der Waals surface area contributed by atoms with E-state index >= 15 is 0 Å². The molecule has 0 amide bonds. The van der Waals surface area contributed by atoms with Gasteiger partial charge in [0.15, 0.2) is 6.29 Å². The molecule has 0 aliphatic carbocycles. The van der Waals surface area contributed by atoms with Crippen LogP contribution in [0.2, 0.25) is 0 Å². The molecular formula is C15H11NO2. The van der Waals surface area contributed by atoms with Gasteiger partial charge in [-0.25, -0.2) is 0 Å². The SMILES string of the molecule is Cn1c(=O)cc(C=O)c2c3ccccc3ccc21. The number of nitrogens with zero attached hydrogens (tertiary/aromatic N) is 1. The molecule has 88 valence electrons. The van der Waals surface area contributed by atoms with Crippen LogP contribution in [-0.2, 0) is 7.05 Å². The quantitative estimate of drug-likeness (QED) is 0.482. The zero-order chi connectivity index (χ0) is 12.7. The minimum atomic E-state index is -0.167. The van der Waals surface area contributed by atoms with Gasteiger partial charge in [0.2, 0.25) is 0 Å². The van der Waals surface area contributed by atoms with Gasteiger partial charge in [-0.3, -0.25) is 9.59 Å². The highest BCUT2D eigenvalue weighted by Gasteiger charge is 2.09. The third kappa shape index (κ3) is 1.37. The summed E-state index contributed by atoms with van der Waals surface area (Å²) in [7, 11) is 1.72. The molecule has 1 heterocycles. The first-order valence-corrected chi connectivity index (χ1v) is 5.69. The lowest BCUT2D eigenvalue weighted by molar-refractivity contribution is 0.112. The van der Waals surface area contributed by atoms with E-state index in [4.69, 9.17) is 0 Å². The molecule has 0 bridgehead atoms. The van der Waals surface area contributed by atoms with Crippen molar-refractivity contribution in [3.63, 3.8) is 0 Å². The van der Waals surface area contributed by atoms with E-state index in [-0.39, 0.29) is 5.56 Å². The summed E-state index contributed by atoms with van der Waals surface area (Å²) in [5.41, 5.74) is 1.06. The van der Waals surface area contributed by atoms with E-state index in [1.54, 1.807) is 11.6 Å². The average Bonchev–Trinajstić information content (AvgIpc) is 2.42. The normalized spacial score (nSPS) is 10.9. The van der Waals surface area contributed by atoms with Gasteiger partial charge in [-0.2, -0.15) is 0 Å². The summed E-state index contributed by atoms with van der Waals surface area (Å²) in [6.45, 7) is 0. The molecule has 3 rings (SSSR count). The number of hydrogen-bond donors (Lipinski definition) is 0. The molecule has 0 unspecified atom stereocenters. The van der Waals surface area contributed by atoms with E-state index in [1.807, 2.05) is 36.4 Å². The Morgan fingerprint density at radius 3 is 2.67 bits per heavy atom. The maximum absolute atomic E-state index is 11.8.